The normalized spacial score (nSPS) is 12.6. The van der Waals surface area contributed by atoms with Gasteiger partial charge in [-0.1, -0.05) is 13.3 Å². The number of carbonyl (C=O) groups excluding carboxylic acids is 1. The number of amides is 1. The van der Waals surface area contributed by atoms with Crippen molar-refractivity contribution in [1.82, 2.24) is 5.32 Å². The summed E-state index contributed by atoms with van der Waals surface area (Å²) < 4.78 is 0. The van der Waals surface area contributed by atoms with E-state index in [9.17, 15) is 4.79 Å². The van der Waals surface area contributed by atoms with Crippen LogP contribution in [0.4, 0.5) is 0 Å². The highest BCUT2D eigenvalue weighted by atomic mass is 35.5. The first-order valence-corrected chi connectivity index (χ1v) is 4.59. The summed E-state index contributed by atoms with van der Waals surface area (Å²) in [6.07, 6.45) is 2.56. The fourth-order valence-corrected chi connectivity index (χ4v) is 1.11. The fraction of sp³-hybridized carbons (Fsp3) is 0.875. The Labute approximate surface area is 73.3 Å². The van der Waals surface area contributed by atoms with E-state index in [-0.39, 0.29) is 11.9 Å². The Kier molecular flexibility index (Phi) is 6.33. The molecule has 11 heavy (non-hydrogen) atoms. The van der Waals surface area contributed by atoms with E-state index in [2.05, 4.69) is 12.2 Å². The molecule has 0 aliphatic rings. The molecular weight excluding hydrogens is 162 g/mol. The van der Waals surface area contributed by atoms with Crippen molar-refractivity contribution >= 4 is 17.5 Å². The highest BCUT2D eigenvalue weighted by Gasteiger charge is 2.04. The second-order valence-corrected chi connectivity index (χ2v) is 3.07. The molecule has 0 bridgehead atoms. The summed E-state index contributed by atoms with van der Waals surface area (Å²) in [7, 11) is 0. The Morgan fingerprint density at radius 3 is 2.73 bits per heavy atom. The Balaban J connectivity index is 3.40. The number of alkyl halides is 1. The summed E-state index contributed by atoms with van der Waals surface area (Å²) in [5.74, 6) is 0.464. The molecule has 2 nitrogen and oxygen atoms in total. The van der Waals surface area contributed by atoms with Crippen LogP contribution in [-0.4, -0.2) is 17.8 Å². The molecule has 0 fully saturated rings. The molecule has 3 heteroatoms. The van der Waals surface area contributed by atoms with Crippen molar-refractivity contribution in [3.05, 3.63) is 0 Å². The molecule has 0 aliphatic carbocycles. The molecule has 0 heterocycles. The summed E-state index contributed by atoms with van der Waals surface area (Å²) in [5, 5.41) is 2.86. The van der Waals surface area contributed by atoms with Crippen LogP contribution in [0.15, 0.2) is 0 Å². The van der Waals surface area contributed by atoms with E-state index < -0.39 is 0 Å². The van der Waals surface area contributed by atoms with E-state index in [0.29, 0.717) is 12.3 Å². The van der Waals surface area contributed by atoms with Gasteiger partial charge in [-0.15, -0.1) is 11.6 Å². The van der Waals surface area contributed by atoms with Gasteiger partial charge in [-0.25, -0.2) is 0 Å². The van der Waals surface area contributed by atoms with Gasteiger partial charge in [0.15, 0.2) is 0 Å². The van der Waals surface area contributed by atoms with E-state index in [1.807, 2.05) is 6.92 Å². The van der Waals surface area contributed by atoms with Crippen molar-refractivity contribution < 1.29 is 4.79 Å². The second-order valence-electron chi connectivity index (χ2n) is 2.70. The summed E-state index contributed by atoms with van der Waals surface area (Å²) in [5.41, 5.74) is 0. The van der Waals surface area contributed by atoms with Crippen molar-refractivity contribution in [2.75, 3.05) is 5.88 Å². The van der Waals surface area contributed by atoms with Gasteiger partial charge in [0.2, 0.25) is 5.91 Å². The Bertz CT molecular complexity index is 117. The Hall–Kier alpha value is -0.240. The van der Waals surface area contributed by atoms with E-state index >= 15 is 0 Å². The van der Waals surface area contributed by atoms with E-state index in [1.54, 1.807) is 0 Å². The average Bonchev–Trinajstić information content (AvgIpc) is 1.87. The van der Waals surface area contributed by atoms with Gasteiger partial charge in [0.05, 0.1) is 0 Å². The molecule has 1 atom stereocenters. The molecule has 0 rings (SSSR count). The second kappa shape index (κ2) is 6.47. The van der Waals surface area contributed by atoms with E-state index in [4.69, 9.17) is 11.6 Å². The highest BCUT2D eigenvalue weighted by Crippen LogP contribution is 1.95. The minimum Gasteiger partial charge on any atom is -0.354 e. The van der Waals surface area contributed by atoms with Gasteiger partial charge in [0.1, 0.15) is 0 Å². The van der Waals surface area contributed by atoms with Crippen molar-refractivity contribution in [1.29, 1.82) is 0 Å². The van der Waals surface area contributed by atoms with Crippen LogP contribution in [0.5, 0.6) is 0 Å². The number of carbonyl (C=O) groups is 1. The standard InChI is InChI=1S/C8H16ClNO/c1-3-4-7(2)10-8(11)5-6-9/h7H,3-6H2,1-2H3,(H,10,11)/t7-/m0/s1. The predicted molar refractivity (Wildman–Crippen MR) is 47.8 cm³/mol. The van der Waals surface area contributed by atoms with Gasteiger partial charge >= 0.3 is 0 Å². The van der Waals surface area contributed by atoms with Gasteiger partial charge in [0, 0.05) is 18.3 Å². The van der Waals surface area contributed by atoms with Gasteiger partial charge in [-0.05, 0) is 13.3 Å². The van der Waals surface area contributed by atoms with E-state index in [1.165, 1.54) is 0 Å². The molecule has 0 aromatic heterocycles. The molecule has 0 aromatic carbocycles. The van der Waals surface area contributed by atoms with Crippen molar-refractivity contribution in [3.63, 3.8) is 0 Å². The third-order valence-corrected chi connectivity index (χ3v) is 1.64. The zero-order valence-corrected chi connectivity index (χ0v) is 7.95. The minimum atomic E-state index is 0.0564. The van der Waals surface area contributed by atoms with Crippen molar-refractivity contribution in [3.8, 4) is 0 Å². The minimum absolute atomic E-state index is 0.0564. The van der Waals surface area contributed by atoms with Crippen LogP contribution in [0.25, 0.3) is 0 Å². The smallest absolute Gasteiger partial charge is 0.221 e. The van der Waals surface area contributed by atoms with Crippen LogP contribution < -0.4 is 5.32 Å². The van der Waals surface area contributed by atoms with Gasteiger partial charge < -0.3 is 5.32 Å². The Morgan fingerprint density at radius 1 is 1.64 bits per heavy atom. The SMILES string of the molecule is CCC[C@H](C)NC(=O)CCCl. The number of nitrogens with one attached hydrogen (secondary N) is 1. The molecular formula is C8H16ClNO. The number of halogens is 1. The molecule has 0 spiro atoms. The molecule has 1 amide bonds. The number of rotatable bonds is 5. The molecule has 0 saturated heterocycles. The first kappa shape index (κ1) is 10.8. The lowest BCUT2D eigenvalue weighted by molar-refractivity contribution is -0.121. The number of hydrogen-bond acceptors (Lipinski definition) is 1. The van der Waals surface area contributed by atoms with Crippen LogP contribution in [0.1, 0.15) is 33.1 Å². The fourth-order valence-electron chi connectivity index (χ4n) is 0.938. The lowest BCUT2D eigenvalue weighted by Gasteiger charge is -2.11. The zero-order valence-electron chi connectivity index (χ0n) is 7.19. The maximum absolute atomic E-state index is 10.9. The molecule has 0 saturated carbocycles. The predicted octanol–water partition coefficient (Wildman–Crippen LogP) is 1.92. The zero-order chi connectivity index (χ0) is 8.69. The number of hydrogen-bond donors (Lipinski definition) is 1. The van der Waals surface area contributed by atoms with Crippen LogP contribution in [0.3, 0.4) is 0 Å². The maximum atomic E-state index is 10.9. The molecule has 0 aliphatic heterocycles. The third kappa shape index (κ3) is 6.17. The quantitative estimate of drug-likeness (QED) is 0.639. The monoisotopic (exact) mass is 177 g/mol. The lowest BCUT2D eigenvalue weighted by atomic mass is 10.2. The molecule has 0 unspecified atom stereocenters. The topological polar surface area (TPSA) is 29.1 Å². The summed E-state index contributed by atoms with van der Waals surface area (Å²) >= 11 is 5.40. The summed E-state index contributed by atoms with van der Waals surface area (Å²) in [6, 6.07) is 0.288. The van der Waals surface area contributed by atoms with Crippen LogP contribution in [0.2, 0.25) is 0 Å². The first-order chi connectivity index (χ1) is 5.20. The highest BCUT2D eigenvalue weighted by molar-refractivity contribution is 6.18. The largest absolute Gasteiger partial charge is 0.354 e. The van der Waals surface area contributed by atoms with Crippen LogP contribution in [-0.2, 0) is 4.79 Å². The van der Waals surface area contributed by atoms with Crippen LogP contribution >= 0.6 is 11.6 Å². The lowest BCUT2D eigenvalue weighted by Crippen LogP contribution is -2.32. The van der Waals surface area contributed by atoms with Crippen LogP contribution in [0, 0.1) is 0 Å². The van der Waals surface area contributed by atoms with Crippen molar-refractivity contribution in [2.24, 2.45) is 0 Å². The maximum Gasteiger partial charge on any atom is 0.221 e. The first-order valence-electron chi connectivity index (χ1n) is 4.06. The molecule has 0 radical (unpaired) electrons. The summed E-state index contributed by atoms with van der Waals surface area (Å²) in [4.78, 5) is 10.9. The molecule has 0 aromatic rings. The Morgan fingerprint density at radius 2 is 2.27 bits per heavy atom. The van der Waals surface area contributed by atoms with Crippen molar-refractivity contribution in [2.45, 2.75) is 39.2 Å². The molecule has 1 N–H and O–H groups in total. The van der Waals surface area contributed by atoms with Gasteiger partial charge in [-0.2, -0.15) is 0 Å². The van der Waals surface area contributed by atoms with Gasteiger partial charge in [0.25, 0.3) is 0 Å². The average molecular weight is 178 g/mol. The van der Waals surface area contributed by atoms with Gasteiger partial charge in [-0.3, -0.25) is 4.79 Å². The molecule has 66 valence electrons. The van der Waals surface area contributed by atoms with E-state index in [0.717, 1.165) is 12.8 Å². The summed E-state index contributed by atoms with van der Waals surface area (Å²) in [6.45, 7) is 4.11. The third-order valence-electron chi connectivity index (χ3n) is 1.45.